The lowest BCUT2D eigenvalue weighted by Crippen LogP contribution is -2.29. The topological polar surface area (TPSA) is 76.1 Å². The van der Waals surface area contributed by atoms with Gasteiger partial charge in [-0.05, 0) is 79.4 Å². The van der Waals surface area contributed by atoms with Gasteiger partial charge in [-0.2, -0.15) is 0 Å². The van der Waals surface area contributed by atoms with Crippen molar-refractivity contribution in [1.29, 1.82) is 0 Å². The first kappa shape index (κ1) is 26.3. The zero-order valence-electron chi connectivity index (χ0n) is 21.3. The summed E-state index contributed by atoms with van der Waals surface area (Å²) in [5, 5.41) is 12.0. The van der Waals surface area contributed by atoms with Gasteiger partial charge in [-0.1, -0.05) is 43.6 Å². The molecule has 1 amide bonds. The van der Waals surface area contributed by atoms with Crippen LogP contribution in [0.25, 0.3) is 5.76 Å². The molecule has 3 aromatic carbocycles. The molecule has 1 atom stereocenters. The Morgan fingerprint density at radius 2 is 1.70 bits per heavy atom. The molecule has 0 bridgehead atoms. The molecular weight excluding hydrogens is 490 g/mol. The normalized spacial score (nSPS) is 16.9. The number of hydrogen-bond acceptors (Lipinski definition) is 5. The van der Waals surface area contributed by atoms with Gasteiger partial charge in [0.2, 0.25) is 0 Å². The van der Waals surface area contributed by atoms with E-state index in [2.05, 4.69) is 0 Å². The van der Waals surface area contributed by atoms with Crippen molar-refractivity contribution in [2.45, 2.75) is 39.7 Å². The van der Waals surface area contributed by atoms with Crippen LogP contribution >= 0.6 is 11.6 Å². The van der Waals surface area contributed by atoms with Crippen LogP contribution in [0.2, 0.25) is 5.02 Å². The van der Waals surface area contributed by atoms with Crippen LogP contribution < -0.4 is 14.4 Å². The van der Waals surface area contributed by atoms with E-state index in [1.165, 1.54) is 4.90 Å². The van der Waals surface area contributed by atoms with Crippen LogP contribution in [0.3, 0.4) is 0 Å². The van der Waals surface area contributed by atoms with E-state index >= 15 is 0 Å². The Morgan fingerprint density at radius 3 is 2.38 bits per heavy atom. The first-order valence-electron chi connectivity index (χ1n) is 12.3. The van der Waals surface area contributed by atoms with E-state index in [0.29, 0.717) is 40.8 Å². The zero-order chi connectivity index (χ0) is 26.7. The smallest absolute Gasteiger partial charge is 0.300 e. The Morgan fingerprint density at radius 1 is 0.973 bits per heavy atom. The van der Waals surface area contributed by atoms with Gasteiger partial charge in [-0.25, -0.2) is 0 Å². The number of carbonyl (C=O) groups is 2. The molecule has 1 aliphatic rings. The van der Waals surface area contributed by atoms with Crippen LogP contribution in [0.1, 0.15) is 56.3 Å². The Kier molecular flexibility index (Phi) is 7.89. The van der Waals surface area contributed by atoms with E-state index in [4.69, 9.17) is 21.1 Å². The summed E-state index contributed by atoms with van der Waals surface area (Å²) < 4.78 is 11.4. The molecule has 6 nitrogen and oxygen atoms in total. The Labute approximate surface area is 222 Å². The fourth-order valence-corrected chi connectivity index (χ4v) is 4.76. The lowest BCUT2D eigenvalue weighted by atomic mass is 9.93. The molecule has 0 radical (unpaired) electrons. The third-order valence-corrected chi connectivity index (χ3v) is 6.46. The fraction of sp³-hybridized carbons (Fsp3) is 0.267. The molecule has 0 aliphatic carbocycles. The summed E-state index contributed by atoms with van der Waals surface area (Å²) in [6.45, 7) is 8.81. The van der Waals surface area contributed by atoms with Crippen molar-refractivity contribution in [2.24, 2.45) is 0 Å². The minimum atomic E-state index is -0.882. The fourth-order valence-electron chi connectivity index (χ4n) is 4.57. The maximum Gasteiger partial charge on any atom is 0.300 e. The summed E-state index contributed by atoms with van der Waals surface area (Å²) in [7, 11) is 0. The standard InChI is InChI=1S/C30H30ClNO5/c1-5-36-23-12-7-9-19(15-23)27-26(29(34)30(35)32(27)22-11-8-10-21(31)17-22)28(33)20-13-14-25(37-6-2)24(16-20)18(3)4/h7-18,27,33H,5-6H2,1-4H3/b28-26+. The Balaban J connectivity index is 1.94. The zero-order valence-corrected chi connectivity index (χ0v) is 22.1. The maximum atomic E-state index is 13.5. The molecule has 0 spiro atoms. The Bertz CT molecular complexity index is 1360. The Hall–Kier alpha value is -3.77. The number of carbonyl (C=O) groups excluding carboxylic acids is 2. The molecule has 4 rings (SSSR count). The van der Waals surface area contributed by atoms with Crippen LogP contribution in [0.5, 0.6) is 11.5 Å². The maximum absolute atomic E-state index is 13.5. The molecule has 37 heavy (non-hydrogen) atoms. The number of aliphatic hydroxyl groups excluding tert-OH is 1. The molecule has 1 saturated heterocycles. The first-order valence-corrected chi connectivity index (χ1v) is 12.7. The van der Waals surface area contributed by atoms with Crippen LogP contribution in [0.15, 0.2) is 72.3 Å². The molecule has 1 fully saturated rings. The van der Waals surface area contributed by atoms with E-state index in [9.17, 15) is 14.7 Å². The lowest BCUT2D eigenvalue weighted by Gasteiger charge is -2.26. The van der Waals surface area contributed by atoms with Crippen molar-refractivity contribution in [2.75, 3.05) is 18.1 Å². The predicted octanol–water partition coefficient (Wildman–Crippen LogP) is 6.89. The minimum Gasteiger partial charge on any atom is -0.507 e. The number of rotatable bonds is 8. The average molecular weight is 520 g/mol. The quantitative estimate of drug-likeness (QED) is 0.199. The second-order valence-electron chi connectivity index (χ2n) is 8.99. The van der Waals surface area contributed by atoms with Crippen LogP contribution in [0, 0.1) is 0 Å². The van der Waals surface area contributed by atoms with E-state index in [-0.39, 0.29) is 17.3 Å². The molecule has 1 unspecified atom stereocenters. The molecular formula is C30H30ClNO5. The molecule has 1 N–H and O–H groups in total. The van der Waals surface area contributed by atoms with E-state index in [0.717, 1.165) is 11.3 Å². The number of nitrogens with zero attached hydrogens (tertiary/aromatic N) is 1. The summed E-state index contributed by atoms with van der Waals surface area (Å²) in [6.07, 6.45) is 0. The number of amides is 1. The number of Topliss-reactive ketones (excluding diaryl/α,β-unsaturated/α-hetero) is 1. The number of aliphatic hydroxyl groups is 1. The second-order valence-corrected chi connectivity index (χ2v) is 9.43. The van der Waals surface area contributed by atoms with Gasteiger partial charge >= 0.3 is 0 Å². The van der Waals surface area contributed by atoms with Gasteiger partial charge in [0.15, 0.2) is 0 Å². The van der Waals surface area contributed by atoms with Crippen molar-refractivity contribution >= 4 is 34.7 Å². The molecule has 7 heteroatoms. The average Bonchev–Trinajstić information content (AvgIpc) is 3.14. The summed E-state index contributed by atoms with van der Waals surface area (Å²) in [6, 6.07) is 18.4. The summed E-state index contributed by atoms with van der Waals surface area (Å²) in [5.74, 6) is -0.342. The number of halogens is 1. The summed E-state index contributed by atoms with van der Waals surface area (Å²) in [5.41, 5.74) is 2.40. The highest BCUT2D eigenvalue weighted by Gasteiger charge is 2.47. The third kappa shape index (κ3) is 5.20. The van der Waals surface area contributed by atoms with Crippen LogP contribution in [-0.4, -0.2) is 30.0 Å². The van der Waals surface area contributed by atoms with Gasteiger partial charge in [0.05, 0.1) is 24.8 Å². The van der Waals surface area contributed by atoms with Crippen molar-refractivity contribution in [3.8, 4) is 11.5 Å². The molecule has 192 valence electrons. The van der Waals surface area contributed by atoms with Crippen LogP contribution in [-0.2, 0) is 9.59 Å². The molecule has 1 aliphatic heterocycles. The number of hydrogen-bond donors (Lipinski definition) is 1. The predicted molar refractivity (Wildman–Crippen MR) is 146 cm³/mol. The minimum absolute atomic E-state index is 0.00232. The molecule has 3 aromatic rings. The van der Waals surface area contributed by atoms with Crippen molar-refractivity contribution in [3.05, 3.63) is 94.0 Å². The largest absolute Gasteiger partial charge is 0.507 e. The number of anilines is 1. The molecule has 1 heterocycles. The number of ketones is 1. The number of ether oxygens (including phenoxy) is 2. The van der Waals surface area contributed by atoms with E-state index in [1.807, 2.05) is 39.8 Å². The van der Waals surface area contributed by atoms with Gasteiger partial charge in [0.1, 0.15) is 17.3 Å². The highest BCUT2D eigenvalue weighted by molar-refractivity contribution is 6.51. The number of benzene rings is 3. The molecule has 0 saturated carbocycles. The molecule has 0 aromatic heterocycles. The van der Waals surface area contributed by atoms with Gasteiger partial charge in [-0.3, -0.25) is 14.5 Å². The van der Waals surface area contributed by atoms with Gasteiger partial charge in [0, 0.05) is 16.3 Å². The monoisotopic (exact) mass is 519 g/mol. The highest BCUT2D eigenvalue weighted by Crippen LogP contribution is 2.43. The van der Waals surface area contributed by atoms with Crippen molar-refractivity contribution in [3.63, 3.8) is 0 Å². The van der Waals surface area contributed by atoms with Crippen LogP contribution in [0.4, 0.5) is 5.69 Å². The third-order valence-electron chi connectivity index (χ3n) is 6.22. The van der Waals surface area contributed by atoms with Crippen molar-refractivity contribution in [1.82, 2.24) is 0 Å². The van der Waals surface area contributed by atoms with Gasteiger partial charge < -0.3 is 14.6 Å². The first-order chi connectivity index (χ1) is 17.8. The summed E-state index contributed by atoms with van der Waals surface area (Å²) in [4.78, 5) is 28.3. The van der Waals surface area contributed by atoms with E-state index in [1.54, 1.807) is 54.6 Å². The SMILES string of the molecule is CCOc1cccc(C2/C(=C(\O)c3ccc(OCC)c(C(C)C)c3)C(=O)C(=O)N2c2cccc(Cl)c2)c1. The summed E-state index contributed by atoms with van der Waals surface area (Å²) >= 11 is 6.23. The highest BCUT2D eigenvalue weighted by atomic mass is 35.5. The van der Waals surface area contributed by atoms with E-state index < -0.39 is 17.7 Å². The lowest BCUT2D eigenvalue weighted by molar-refractivity contribution is -0.132. The van der Waals surface area contributed by atoms with Crippen molar-refractivity contribution < 1.29 is 24.2 Å². The van der Waals surface area contributed by atoms with Gasteiger partial charge in [-0.15, -0.1) is 0 Å². The second kappa shape index (κ2) is 11.1. The van der Waals surface area contributed by atoms with Gasteiger partial charge in [0.25, 0.3) is 11.7 Å².